The SMILES string of the molecule is COc1ccc(C#N)cc1CNCC1CC2CCC1C2. The third-order valence-electron chi connectivity index (χ3n) is 5.02. The standard InChI is InChI=1S/C17H22N2O/c1-20-17-5-3-13(9-18)8-16(17)11-19-10-15-7-12-2-4-14(15)6-12/h3,5,8,12,14-15,19H,2,4,6-7,10-11H2,1H3. The van der Waals surface area contributed by atoms with Crippen molar-refractivity contribution in [1.82, 2.24) is 5.32 Å². The molecule has 0 heterocycles. The normalized spacial score (nSPS) is 27.5. The number of hydrogen-bond donors (Lipinski definition) is 1. The molecule has 0 aliphatic heterocycles. The first-order valence-corrected chi connectivity index (χ1v) is 7.58. The van der Waals surface area contributed by atoms with E-state index in [1.165, 1.54) is 25.7 Å². The quantitative estimate of drug-likeness (QED) is 0.894. The summed E-state index contributed by atoms with van der Waals surface area (Å²) < 4.78 is 5.37. The van der Waals surface area contributed by atoms with Crippen LogP contribution in [0.3, 0.4) is 0 Å². The Labute approximate surface area is 120 Å². The van der Waals surface area contributed by atoms with Gasteiger partial charge in [-0.1, -0.05) is 6.42 Å². The average molecular weight is 270 g/mol. The molecule has 0 radical (unpaired) electrons. The molecule has 2 fully saturated rings. The minimum Gasteiger partial charge on any atom is -0.496 e. The van der Waals surface area contributed by atoms with Crippen molar-refractivity contribution >= 4 is 0 Å². The van der Waals surface area contributed by atoms with Gasteiger partial charge in [0.25, 0.3) is 0 Å². The summed E-state index contributed by atoms with van der Waals surface area (Å²) >= 11 is 0. The molecular weight excluding hydrogens is 248 g/mol. The van der Waals surface area contributed by atoms with Crippen molar-refractivity contribution in [2.24, 2.45) is 17.8 Å². The van der Waals surface area contributed by atoms with Gasteiger partial charge in [0, 0.05) is 12.1 Å². The molecule has 3 unspecified atom stereocenters. The average Bonchev–Trinajstić information content (AvgIpc) is 3.09. The number of methoxy groups -OCH3 is 1. The zero-order valence-corrected chi connectivity index (χ0v) is 12.1. The molecular formula is C17H22N2O. The van der Waals surface area contributed by atoms with E-state index in [-0.39, 0.29) is 0 Å². The highest BCUT2D eigenvalue weighted by Crippen LogP contribution is 2.47. The molecule has 3 nitrogen and oxygen atoms in total. The first kappa shape index (κ1) is 13.5. The summed E-state index contributed by atoms with van der Waals surface area (Å²) in [6.45, 7) is 1.88. The maximum Gasteiger partial charge on any atom is 0.123 e. The van der Waals surface area contributed by atoms with Gasteiger partial charge in [-0.3, -0.25) is 0 Å². The van der Waals surface area contributed by atoms with Gasteiger partial charge >= 0.3 is 0 Å². The summed E-state index contributed by atoms with van der Waals surface area (Å²) in [5.41, 5.74) is 1.78. The monoisotopic (exact) mass is 270 g/mol. The van der Waals surface area contributed by atoms with Crippen LogP contribution in [0.25, 0.3) is 0 Å². The highest BCUT2D eigenvalue weighted by atomic mass is 16.5. The minimum atomic E-state index is 0.697. The topological polar surface area (TPSA) is 45.0 Å². The van der Waals surface area contributed by atoms with Crippen LogP contribution in [0.4, 0.5) is 0 Å². The molecule has 0 saturated heterocycles. The minimum absolute atomic E-state index is 0.697. The smallest absolute Gasteiger partial charge is 0.123 e. The van der Waals surface area contributed by atoms with Crippen LogP contribution in [0, 0.1) is 29.1 Å². The maximum atomic E-state index is 8.98. The van der Waals surface area contributed by atoms with E-state index in [0.29, 0.717) is 5.56 Å². The van der Waals surface area contributed by atoms with Gasteiger partial charge in [-0.05, 0) is 61.8 Å². The van der Waals surface area contributed by atoms with Crippen LogP contribution in [-0.2, 0) is 6.54 Å². The molecule has 1 N–H and O–H groups in total. The number of nitriles is 1. The van der Waals surface area contributed by atoms with Gasteiger partial charge in [0.2, 0.25) is 0 Å². The van der Waals surface area contributed by atoms with Crippen LogP contribution >= 0.6 is 0 Å². The number of nitrogens with zero attached hydrogens (tertiary/aromatic N) is 1. The number of fused-ring (bicyclic) bond motifs is 2. The molecule has 1 aromatic rings. The van der Waals surface area contributed by atoms with Gasteiger partial charge in [0.1, 0.15) is 5.75 Å². The Morgan fingerprint density at radius 3 is 2.90 bits per heavy atom. The lowest BCUT2D eigenvalue weighted by Gasteiger charge is -2.22. The molecule has 0 aromatic heterocycles. The van der Waals surface area contributed by atoms with Gasteiger partial charge in [0.05, 0.1) is 18.7 Å². The Balaban J connectivity index is 1.57. The summed E-state index contributed by atoms with van der Waals surface area (Å²) in [7, 11) is 1.68. The van der Waals surface area contributed by atoms with E-state index in [0.717, 1.165) is 42.2 Å². The third-order valence-corrected chi connectivity index (χ3v) is 5.02. The largest absolute Gasteiger partial charge is 0.496 e. The summed E-state index contributed by atoms with van der Waals surface area (Å²) in [4.78, 5) is 0. The predicted molar refractivity (Wildman–Crippen MR) is 78.4 cm³/mol. The molecule has 106 valence electrons. The lowest BCUT2D eigenvalue weighted by atomic mass is 9.89. The zero-order chi connectivity index (χ0) is 13.9. The molecule has 2 bridgehead atoms. The van der Waals surface area contributed by atoms with Crippen molar-refractivity contribution in [1.29, 1.82) is 5.26 Å². The first-order valence-electron chi connectivity index (χ1n) is 7.58. The Morgan fingerprint density at radius 1 is 1.35 bits per heavy atom. The molecule has 3 rings (SSSR count). The van der Waals surface area contributed by atoms with Crippen molar-refractivity contribution in [2.45, 2.75) is 32.2 Å². The van der Waals surface area contributed by atoms with E-state index >= 15 is 0 Å². The number of benzene rings is 1. The molecule has 2 aliphatic rings. The van der Waals surface area contributed by atoms with Gasteiger partial charge in [0.15, 0.2) is 0 Å². The maximum absolute atomic E-state index is 8.98. The fourth-order valence-corrected chi connectivity index (χ4v) is 4.00. The van der Waals surface area contributed by atoms with E-state index in [1.807, 2.05) is 12.1 Å². The highest BCUT2D eigenvalue weighted by molar-refractivity contribution is 5.41. The van der Waals surface area contributed by atoms with Crippen LogP contribution in [-0.4, -0.2) is 13.7 Å². The van der Waals surface area contributed by atoms with E-state index in [1.54, 1.807) is 13.2 Å². The fourth-order valence-electron chi connectivity index (χ4n) is 4.00. The van der Waals surface area contributed by atoms with Crippen molar-refractivity contribution in [3.63, 3.8) is 0 Å². The van der Waals surface area contributed by atoms with Gasteiger partial charge in [-0.15, -0.1) is 0 Å². The number of rotatable bonds is 5. The Morgan fingerprint density at radius 2 is 2.25 bits per heavy atom. The van der Waals surface area contributed by atoms with Gasteiger partial charge in [-0.25, -0.2) is 0 Å². The molecule has 3 atom stereocenters. The molecule has 2 saturated carbocycles. The van der Waals surface area contributed by atoms with Crippen LogP contribution in [0.15, 0.2) is 18.2 Å². The first-order chi connectivity index (χ1) is 9.80. The second kappa shape index (κ2) is 5.85. The summed E-state index contributed by atoms with van der Waals surface area (Å²) in [6.07, 6.45) is 5.76. The van der Waals surface area contributed by atoms with Gasteiger partial charge < -0.3 is 10.1 Å². The van der Waals surface area contributed by atoms with Crippen LogP contribution in [0.1, 0.15) is 36.8 Å². The third kappa shape index (κ3) is 2.66. The van der Waals surface area contributed by atoms with Crippen LogP contribution in [0.2, 0.25) is 0 Å². The lowest BCUT2D eigenvalue weighted by molar-refractivity contribution is 0.317. The van der Waals surface area contributed by atoms with E-state index < -0.39 is 0 Å². The van der Waals surface area contributed by atoms with Crippen molar-refractivity contribution in [3.05, 3.63) is 29.3 Å². The summed E-state index contributed by atoms with van der Waals surface area (Å²) in [5.74, 6) is 3.69. The Kier molecular flexibility index (Phi) is 3.93. The second-order valence-corrected chi connectivity index (χ2v) is 6.20. The Hall–Kier alpha value is -1.53. The molecule has 3 heteroatoms. The summed E-state index contributed by atoms with van der Waals surface area (Å²) in [6, 6.07) is 7.80. The van der Waals surface area contributed by atoms with Crippen molar-refractivity contribution in [3.8, 4) is 11.8 Å². The van der Waals surface area contributed by atoms with E-state index in [9.17, 15) is 0 Å². The number of nitrogens with one attached hydrogen (secondary N) is 1. The molecule has 2 aliphatic carbocycles. The van der Waals surface area contributed by atoms with E-state index in [4.69, 9.17) is 10.00 Å². The second-order valence-electron chi connectivity index (χ2n) is 6.20. The zero-order valence-electron chi connectivity index (χ0n) is 12.1. The van der Waals surface area contributed by atoms with Crippen molar-refractivity contribution < 1.29 is 4.74 Å². The number of hydrogen-bond acceptors (Lipinski definition) is 3. The molecule has 1 aromatic carbocycles. The number of ether oxygens (including phenoxy) is 1. The molecule has 0 spiro atoms. The lowest BCUT2D eigenvalue weighted by Crippen LogP contribution is -2.26. The van der Waals surface area contributed by atoms with Crippen LogP contribution in [0.5, 0.6) is 5.75 Å². The van der Waals surface area contributed by atoms with Crippen molar-refractivity contribution in [2.75, 3.05) is 13.7 Å². The molecule has 20 heavy (non-hydrogen) atoms. The summed E-state index contributed by atoms with van der Waals surface area (Å²) in [5, 5.41) is 12.5. The Bertz CT molecular complexity index is 520. The fraction of sp³-hybridized carbons (Fsp3) is 0.588. The van der Waals surface area contributed by atoms with E-state index in [2.05, 4.69) is 11.4 Å². The highest BCUT2D eigenvalue weighted by Gasteiger charge is 2.38. The van der Waals surface area contributed by atoms with Crippen LogP contribution < -0.4 is 10.1 Å². The van der Waals surface area contributed by atoms with Gasteiger partial charge in [-0.2, -0.15) is 5.26 Å². The molecule has 0 amide bonds. The predicted octanol–water partition coefficient (Wildman–Crippen LogP) is 3.09.